The summed E-state index contributed by atoms with van der Waals surface area (Å²) in [5.41, 5.74) is 2.63. The Kier molecular flexibility index (Phi) is 5.01. The predicted octanol–water partition coefficient (Wildman–Crippen LogP) is 4.21. The van der Waals surface area contributed by atoms with Gasteiger partial charge in [-0.05, 0) is 43.0 Å². The topological polar surface area (TPSA) is 46.9 Å². The van der Waals surface area contributed by atoms with E-state index in [1.807, 2.05) is 67.9 Å². The molecule has 5 heteroatoms. The first-order valence-electron chi connectivity index (χ1n) is 7.68. The SMILES string of the molecule is CSc1ccccc1NC(=O)c1ccc(Cn2ccnc2C)cc1. The fourth-order valence-corrected chi connectivity index (χ4v) is 3.03. The van der Waals surface area contributed by atoms with Gasteiger partial charge in [-0.2, -0.15) is 0 Å². The van der Waals surface area contributed by atoms with Crippen LogP contribution in [0.2, 0.25) is 0 Å². The maximum Gasteiger partial charge on any atom is 0.255 e. The zero-order valence-electron chi connectivity index (χ0n) is 13.7. The molecule has 3 rings (SSSR count). The monoisotopic (exact) mass is 337 g/mol. The number of nitrogens with zero attached hydrogens (tertiary/aromatic N) is 2. The van der Waals surface area contributed by atoms with Crippen LogP contribution in [-0.4, -0.2) is 21.7 Å². The molecule has 4 nitrogen and oxygen atoms in total. The van der Waals surface area contributed by atoms with Gasteiger partial charge in [0.2, 0.25) is 0 Å². The van der Waals surface area contributed by atoms with Gasteiger partial charge < -0.3 is 9.88 Å². The van der Waals surface area contributed by atoms with E-state index in [4.69, 9.17) is 0 Å². The Balaban J connectivity index is 1.71. The normalized spacial score (nSPS) is 10.6. The number of benzene rings is 2. The first kappa shape index (κ1) is 16.3. The van der Waals surface area contributed by atoms with Crippen molar-refractivity contribution in [1.29, 1.82) is 0 Å². The second-order valence-electron chi connectivity index (χ2n) is 5.45. The van der Waals surface area contributed by atoms with Crippen molar-refractivity contribution in [2.75, 3.05) is 11.6 Å². The minimum absolute atomic E-state index is 0.0955. The largest absolute Gasteiger partial charge is 0.331 e. The zero-order chi connectivity index (χ0) is 16.9. The Morgan fingerprint density at radius 3 is 2.58 bits per heavy atom. The van der Waals surface area contributed by atoms with Crippen molar-refractivity contribution in [2.45, 2.75) is 18.4 Å². The van der Waals surface area contributed by atoms with Gasteiger partial charge in [0.1, 0.15) is 5.82 Å². The van der Waals surface area contributed by atoms with Gasteiger partial charge in [-0.1, -0.05) is 24.3 Å². The summed E-state index contributed by atoms with van der Waals surface area (Å²) in [7, 11) is 0. The van der Waals surface area contributed by atoms with Gasteiger partial charge in [-0.15, -0.1) is 11.8 Å². The van der Waals surface area contributed by atoms with Crippen LogP contribution in [0, 0.1) is 6.92 Å². The fourth-order valence-electron chi connectivity index (χ4n) is 2.47. The number of rotatable bonds is 5. The molecule has 1 N–H and O–H groups in total. The van der Waals surface area contributed by atoms with Crippen LogP contribution in [0.1, 0.15) is 21.7 Å². The maximum absolute atomic E-state index is 12.4. The summed E-state index contributed by atoms with van der Waals surface area (Å²) in [6, 6.07) is 15.5. The van der Waals surface area contributed by atoms with Crippen molar-refractivity contribution >= 4 is 23.4 Å². The van der Waals surface area contributed by atoms with Gasteiger partial charge in [0.15, 0.2) is 0 Å². The summed E-state index contributed by atoms with van der Waals surface area (Å²) < 4.78 is 2.07. The van der Waals surface area contributed by atoms with Crippen LogP contribution in [0.5, 0.6) is 0 Å². The number of thioether (sulfide) groups is 1. The first-order valence-corrected chi connectivity index (χ1v) is 8.91. The van der Waals surface area contributed by atoms with Gasteiger partial charge in [-0.25, -0.2) is 4.98 Å². The number of nitrogens with one attached hydrogen (secondary N) is 1. The number of amides is 1. The highest BCUT2D eigenvalue weighted by Gasteiger charge is 2.09. The Morgan fingerprint density at radius 2 is 1.92 bits per heavy atom. The third-order valence-electron chi connectivity index (χ3n) is 3.85. The summed E-state index contributed by atoms with van der Waals surface area (Å²) in [4.78, 5) is 17.7. The van der Waals surface area contributed by atoms with E-state index in [-0.39, 0.29) is 5.91 Å². The van der Waals surface area contributed by atoms with Crippen molar-refractivity contribution in [2.24, 2.45) is 0 Å². The second-order valence-corrected chi connectivity index (χ2v) is 6.30. The molecule has 0 saturated carbocycles. The molecule has 122 valence electrons. The summed E-state index contributed by atoms with van der Waals surface area (Å²) in [5.74, 6) is 0.882. The van der Waals surface area contributed by atoms with Crippen molar-refractivity contribution in [3.05, 3.63) is 77.9 Å². The van der Waals surface area contributed by atoms with E-state index in [9.17, 15) is 4.79 Å². The fraction of sp³-hybridized carbons (Fsp3) is 0.158. The van der Waals surface area contributed by atoms with Crippen LogP contribution in [0.3, 0.4) is 0 Å². The van der Waals surface area contributed by atoms with Crippen molar-refractivity contribution in [1.82, 2.24) is 9.55 Å². The number of imidazole rings is 1. The molecule has 0 spiro atoms. The van der Waals surface area contributed by atoms with Gasteiger partial charge in [-0.3, -0.25) is 4.79 Å². The Morgan fingerprint density at radius 1 is 1.17 bits per heavy atom. The van der Waals surface area contributed by atoms with E-state index in [2.05, 4.69) is 14.9 Å². The highest BCUT2D eigenvalue weighted by atomic mass is 32.2. The number of carbonyl (C=O) groups excluding carboxylic acids is 1. The molecule has 0 bridgehead atoms. The lowest BCUT2D eigenvalue weighted by atomic mass is 10.1. The molecule has 0 radical (unpaired) electrons. The lowest BCUT2D eigenvalue weighted by Gasteiger charge is -2.10. The van der Waals surface area contributed by atoms with E-state index >= 15 is 0 Å². The highest BCUT2D eigenvalue weighted by molar-refractivity contribution is 7.98. The average Bonchev–Trinajstić information content (AvgIpc) is 3.01. The standard InChI is InChI=1S/C19H19N3OS/c1-14-20-11-12-22(14)13-15-7-9-16(10-8-15)19(23)21-17-5-3-4-6-18(17)24-2/h3-12H,13H2,1-2H3,(H,21,23). The van der Waals surface area contributed by atoms with E-state index in [0.29, 0.717) is 5.56 Å². The third-order valence-corrected chi connectivity index (χ3v) is 4.64. The number of hydrogen-bond acceptors (Lipinski definition) is 3. The minimum atomic E-state index is -0.0955. The number of aryl methyl sites for hydroxylation is 1. The average molecular weight is 337 g/mol. The van der Waals surface area contributed by atoms with Crippen LogP contribution >= 0.6 is 11.8 Å². The van der Waals surface area contributed by atoms with Gasteiger partial charge >= 0.3 is 0 Å². The molecular formula is C19H19N3OS. The van der Waals surface area contributed by atoms with Crippen LogP contribution in [-0.2, 0) is 6.54 Å². The summed E-state index contributed by atoms with van der Waals surface area (Å²) in [6.07, 6.45) is 5.74. The Hall–Kier alpha value is -2.53. The summed E-state index contributed by atoms with van der Waals surface area (Å²) in [5, 5.41) is 2.98. The number of anilines is 1. The Labute approximate surface area is 145 Å². The maximum atomic E-state index is 12.4. The number of aromatic nitrogens is 2. The van der Waals surface area contributed by atoms with Crippen molar-refractivity contribution in [3.8, 4) is 0 Å². The predicted molar refractivity (Wildman–Crippen MR) is 98.7 cm³/mol. The van der Waals surface area contributed by atoms with E-state index in [1.165, 1.54) is 0 Å². The van der Waals surface area contributed by atoms with Crippen LogP contribution in [0.25, 0.3) is 0 Å². The van der Waals surface area contributed by atoms with E-state index in [1.54, 1.807) is 18.0 Å². The van der Waals surface area contributed by atoms with Crippen LogP contribution in [0.15, 0.2) is 65.8 Å². The molecule has 0 aliphatic rings. The summed E-state index contributed by atoms with van der Waals surface area (Å²) >= 11 is 1.62. The molecular weight excluding hydrogens is 318 g/mol. The van der Waals surface area contributed by atoms with Crippen molar-refractivity contribution < 1.29 is 4.79 Å². The number of hydrogen-bond donors (Lipinski definition) is 1. The third kappa shape index (κ3) is 3.68. The molecule has 3 aromatic rings. The molecule has 0 aliphatic carbocycles. The highest BCUT2D eigenvalue weighted by Crippen LogP contribution is 2.25. The molecule has 24 heavy (non-hydrogen) atoms. The number of carbonyl (C=O) groups is 1. The van der Waals surface area contributed by atoms with E-state index < -0.39 is 0 Å². The molecule has 1 aromatic heterocycles. The van der Waals surface area contributed by atoms with Gasteiger partial charge in [0, 0.05) is 29.4 Å². The number of para-hydroxylation sites is 1. The quantitative estimate of drug-likeness (QED) is 0.709. The molecule has 0 atom stereocenters. The Bertz CT molecular complexity index is 840. The molecule has 0 unspecified atom stereocenters. The smallest absolute Gasteiger partial charge is 0.255 e. The first-order chi connectivity index (χ1) is 11.7. The summed E-state index contributed by atoms with van der Waals surface area (Å²) in [6.45, 7) is 2.73. The lowest BCUT2D eigenvalue weighted by Crippen LogP contribution is -2.12. The molecule has 0 fully saturated rings. The molecule has 0 aliphatic heterocycles. The zero-order valence-corrected chi connectivity index (χ0v) is 14.5. The molecule has 1 heterocycles. The lowest BCUT2D eigenvalue weighted by molar-refractivity contribution is 0.102. The minimum Gasteiger partial charge on any atom is -0.331 e. The van der Waals surface area contributed by atoms with Crippen molar-refractivity contribution in [3.63, 3.8) is 0 Å². The van der Waals surface area contributed by atoms with Crippen LogP contribution in [0.4, 0.5) is 5.69 Å². The second kappa shape index (κ2) is 7.36. The van der Waals surface area contributed by atoms with Gasteiger partial charge in [0.25, 0.3) is 5.91 Å². The van der Waals surface area contributed by atoms with E-state index in [0.717, 1.165) is 28.5 Å². The van der Waals surface area contributed by atoms with Gasteiger partial charge in [0.05, 0.1) is 5.69 Å². The van der Waals surface area contributed by atoms with Crippen LogP contribution < -0.4 is 5.32 Å². The molecule has 0 saturated heterocycles. The molecule has 2 aromatic carbocycles. The molecule has 1 amide bonds.